The molecule has 80 heavy (non-hydrogen) atoms. The number of phenolic OH excluding ortho intramolecular Hbond substituents is 2. The molecule has 1 amide bonds. The highest BCUT2D eigenvalue weighted by Crippen LogP contribution is 2.50. The van der Waals surface area contributed by atoms with Gasteiger partial charge in [0, 0.05) is 87.5 Å². The van der Waals surface area contributed by atoms with Gasteiger partial charge in [-0.1, -0.05) is 133 Å². The first-order chi connectivity index (χ1) is 39.2. The van der Waals surface area contributed by atoms with Crippen LogP contribution in [0.5, 0.6) is 11.5 Å². The number of H-pyrrole nitrogens is 2. The summed E-state index contributed by atoms with van der Waals surface area (Å²) in [5.41, 5.74) is 8.83. The van der Waals surface area contributed by atoms with Gasteiger partial charge in [-0.05, 0) is 82.6 Å². The van der Waals surface area contributed by atoms with Crippen LogP contribution >= 0.6 is 0 Å². The Labute approximate surface area is 454 Å². The standard InChI is InChI=1S/C67H40N8O5/c1-3-35-14-5-7-16-40(35)66(80-68)50-32-37-24-27-45-42-17-8-11-22-53(42)69-59(45)56(37)61(64(50)77)75-73-55-31-30-44-41-29-26-39(34-49(41)63(76)48-20-13-19-47(55)58(44)48)72-74-62-57-38(25-28-46-43-18-9-12-23-54(43)70-60(46)57)33-51(65(62)78)67(79)71-52-21-10-6-15-36(52)4-2/h1-2,5-34,66,69-70,77-78H,68H2,(H,71,79). The van der Waals surface area contributed by atoms with E-state index in [0.29, 0.717) is 88.5 Å². The van der Waals surface area contributed by atoms with Crippen molar-refractivity contribution in [2.75, 3.05) is 5.32 Å². The highest BCUT2D eigenvalue weighted by Gasteiger charge is 2.29. The summed E-state index contributed by atoms with van der Waals surface area (Å²) in [6.07, 6.45) is 10.7. The van der Waals surface area contributed by atoms with Crippen LogP contribution in [-0.2, 0) is 4.84 Å². The van der Waals surface area contributed by atoms with Crippen LogP contribution in [0, 0.1) is 24.7 Å². The Kier molecular flexibility index (Phi) is 10.9. The largest absolute Gasteiger partial charge is 0.505 e. The number of nitrogens with one attached hydrogen (secondary N) is 3. The topological polar surface area (TPSA) is 203 Å². The molecule has 1 unspecified atom stereocenters. The summed E-state index contributed by atoms with van der Waals surface area (Å²) in [6.45, 7) is 0. The zero-order valence-electron chi connectivity index (χ0n) is 42.0. The van der Waals surface area contributed by atoms with Gasteiger partial charge in [-0.15, -0.1) is 28.2 Å². The summed E-state index contributed by atoms with van der Waals surface area (Å²) in [7, 11) is 0. The molecule has 1 atom stereocenters. The number of ketones is 1. The zero-order valence-corrected chi connectivity index (χ0v) is 42.0. The Hall–Kier alpha value is -11.2. The number of terminal acetylenes is 2. The third-order valence-electron chi connectivity index (χ3n) is 15.2. The Balaban J connectivity index is 0.872. The Morgan fingerprint density at radius 2 is 1.15 bits per heavy atom. The van der Waals surface area contributed by atoms with Crippen molar-refractivity contribution in [1.29, 1.82) is 0 Å². The molecule has 11 aromatic carbocycles. The van der Waals surface area contributed by atoms with Gasteiger partial charge < -0.3 is 25.5 Å². The quantitative estimate of drug-likeness (QED) is 0.0471. The fourth-order valence-electron chi connectivity index (χ4n) is 11.5. The number of aromatic hydroxyl groups is 2. The van der Waals surface area contributed by atoms with E-state index in [-0.39, 0.29) is 28.5 Å². The molecule has 7 N–H and O–H groups in total. The molecule has 1 aliphatic rings. The van der Waals surface area contributed by atoms with Crippen LogP contribution in [0.4, 0.5) is 28.4 Å². The van der Waals surface area contributed by atoms with E-state index in [1.54, 1.807) is 66.7 Å². The summed E-state index contributed by atoms with van der Waals surface area (Å²) < 4.78 is 0. The van der Waals surface area contributed by atoms with E-state index >= 15 is 0 Å². The minimum absolute atomic E-state index is 0.0415. The van der Waals surface area contributed by atoms with Crippen molar-refractivity contribution in [3.8, 4) is 47.3 Å². The number of phenols is 2. The van der Waals surface area contributed by atoms with E-state index < -0.39 is 17.8 Å². The number of benzene rings is 11. The van der Waals surface area contributed by atoms with Crippen LogP contribution in [0.2, 0.25) is 0 Å². The maximum absolute atomic E-state index is 14.8. The van der Waals surface area contributed by atoms with Crippen LogP contribution in [0.3, 0.4) is 0 Å². The number of anilines is 1. The molecule has 0 spiro atoms. The van der Waals surface area contributed by atoms with Crippen LogP contribution in [-0.4, -0.2) is 31.9 Å². The molecule has 13 nitrogen and oxygen atoms in total. The van der Waals surface area contributed by atoms with Crippen LogP contribution in [0.25, 0.3) is 87.1 Å². The zero-order chi connectivity index (χ0) is 54.3. The van der Waals surface area contributed by atoms with Gasteiger partial charge in [0.15, 0.2) is 11.5 Å². The van der Waals surface area contributed by atoms with Crippen molar-refractivity contribution in [2.24, 2.45) is 26.4 Å². The second-order valence-electron chi connectivity index (χ2n) is 19.5. The molecule has 0 radical (unpaired) electrons. The van der Waals surface area contributed by atoms with E-state index in [4.69, 9.17) is 33.8 Å². The number of nitrogens with zero attached hydrogens (tertiary/aromatic N) is 4. The number of aromatic nitrogens is 2. The van der Waals surface area contributed by atoms with Gasteiger partial charge in [-0.3, -0.25) is 14.4 Å². The maximum Gasteiger partial charge on any atom is 0.259 e. The number of nitrogens with two attached hydrogens (primary N) is 1. The lowest BCUT2D eigenvalue weighted by Crippen LogP contribution is -2.13. The van der Waals surface area contributed by atoms with Crippen molar-refractivity contribution in [1.82, 2.24) is 9.97 Å². The molecule has 0 saturated heterocycles. The minimum Gasteiger partial charge on any atom is -0.505 e. The van der Waals surface area contributed by atoms with E-state index in [1.165, 1.54) is 0 Å². The van der Waals surface area contributed by atoms with Crippen molar-refractivity contribution in [3.05, 3.63) is 221 Å². The number of rotatable bonds is 9. The molecule has 14 rings (SSSR count). The molecule has 2 aromatic heterocycles. The Morgan fingerprint density at radius 3 is 1.86 bits per heavy atom. The second-order valence-corrected chi connectivity index (χ2v) is 19.5. The third-order valence-corrected chi connectivity index (χ3v) is 15.2. The highest BCUT2D eigenvalue weighted by atomic mass is 16.6. The number of amides is 1. The monoisotopic (exact) mass is 1040 g/mol. The number of hydrogen-bond donors (Lipinski definition) is 6. The predicted molar refractivity (Wildman–Crippen MR) is 315 cm³/mol. The van der Waals surface area contributed by atoms with Crippen LogP contribution in [0.1, 0.15) is 54.6 Å². The Morgan fingerprint density at radius 1 is 0.537 bits per heavy atom. The van der Waals surface area contributed by atoms with E-state index in [0.717, 1.165) is 49.0 Å². The molecule has 0 saturated carbocycles. The molecule has 0 aliphatic heterocycles. The molecule has 13 heteroatoms. The number of aromatic amines is 2. The lowest BCUT2D eigenvalue weighted by Gasteiger charge is -2.21. The molecule has 1 aliphatic carbocycles. The number of fused-ring (bicyclic) bond motifs is 12. The SMILES string of the molecule is C#Cc1ccccc1NC(=O)c1cc2ccc3c4ccccc4[nH]c3c2c(N=Nc2ccc3c(c2)C(=O)c2cccc4c(N=Nc5c(O)c(C(ON)c6ccccc6C#C)cc6ccc7c8ccccc8[nH]c7c56)ccc-3c24)c1O. The molecular formula is C67H40N8O5. The van der Waals surface area contributed by atoms with Gasteiger partial charge in [0.25, 0.3) is 5.91 Å². The average molecular weight is 1040 g/mol. The van der Waals surface area contributed by atoms with Crippen molar-refractivity contribution < 1.29 is 24.6 Å². The fraction of sp³-hybridized carbons (Fsp3) is 0.0149. The predicted octanol–water partition coefficient (Wildman–Crippen LogP) is 16.1. The maximum atomic E-state index is 14.8. The smallest absolute Gasteiger partial charge is 0.259 e. The molecular weight excluding hydrogens is 997 g/mol. The van der Waals surface area contributed by atoms with Gasteiger partial charge >= 0.3 is 0 Å². The highest BCUT2D eigenvalue weighted by molar-refractivity contribution is 6.28. The lowest BCUT2D eigenvalue weighted by molar-refractivity contribution is 0.0795. The number of carbonyl (C=O) groups is 2. The molecule has 0 bridgehead atoms. The molecule has 13 aromatic rings. The number of carbonyl (C=O) groups excluding carboxylic acids is 2. The first kappa shape index (κ1) is 47.2. The van der Waals surface area contributed by atoms with Gasteiger partial charge in [0.2, 0.25) is 0 Å². The summed E-state index contributed by atoms with van der Waals surface area (Å²) in [4.78, 5) is 41.4. The number of para-hydroxylation sites is 3. The summed E-state index contributed by atoms with van der Waals surface area (Å²) in [6, 6.07) is 55.7. The summed E-state index contributed by atoms with van der Waals surface area (Å²) in [5, 5.41) is 54.1. The first-order valence-corrected chi connectivity index (χ1v) is 25.5. The van der Waals surface area contributed by atoms with Crippen molar-refractivity contribution >= 4 is 116 Å². The summed E-state index contributed by atoms with van der Waals surface area (Å²) >= 11 is 0. The lowest BCUT2D eigenvalue weighted by atomic mass is 9.82. The minimum atomic E-state index is -0.968. The van der Waals surface area contributed by atoms with Gasteiger partial charge in [-0.25, -0.2) is 5.90 Å². The van der Waals surface area contributed by atoms with Crippen molar-refractivity contribution in [3.63, 3.8) is 0 Å². The first-order valence-electron chi connectivity index (χ1n) is 25.5. The third kappa shape index (κ3) is 7.31. The van der Waals surface area contributed by atoms with Crippen molar-refractivity contribution in [2.45, 2.75) is 6.10 Å². The van der Waals surface area contributed by atoms with Gasteiger partial charge in [-0.2, -0.15) is 5.11 Å². The van der Waals surface area contributed by atoms with Gasteiger partial charge in [0.05, 0.1) is 33.7 Å². The van der Waals surface area contributed by atoms with Crippen LogP contribution in [0.15, 0.2) is 202 Å². The summed E-state index contributed by atoms with van der Waals surface area (Å²) in [5.74, 6) is 9.87. The van der Waals surface area contributed by atoms with E-state index in [9.17, 15) is 19.8 Å². The van der Waals surface area contributed by atoms with Crippen LogP contribution < -0.4 is 11.2 Å². The number of hydrogen-bond acceptors (Lipinski definition) is 10. The normalized spacial score (nSPS) is 12.6. The van der Waals surface area contributed by atoms with E-state index in [2.05, 4.69) is 37.4 Å². The molecule has 0 fully saturated rings. The molecule has 378 valence electrons. The second kappa shape index (κ2) is 18.5. The average Bonchev–Trinajstić information content (AvgIpc) is 4.09. The van der Waals surface area contributed by atoms with E-state index in [1.807, 2.05) is 115 Å². The fourth-order valence-corrected chi connectivity index (χ4v) is 11.5. The van der Waals surface area contributed by atoms with Gasteiger partial charge in [0.1, 0.15) is 23.2 Å². The Bertz CT molecular complexity index is 5040. The molecule has 2 heterocycles. The number of azo groups is 2.